The van der Waals surface area contributed by atoms with Crippen molar-refractivity contribution in [2.75, 3.05) is 0 Å². The number of nitrogens with zero attached hydrogens (tertiary/aromatic N) is 2. The van der Waals surface area contributed by atoms with E-state index in [9.17, 15) is 9.59 Å². The number of hydrogen-bond acceptors (Lipinski definition) is 4. The van der Waals surface area contributed by atoms with Crippen molar-refractivity contribution in [2.45, 2.75) is 6.54 Å². The first-order valence-corrected chi connectivity index (χ1v) is 5.53. The first-order valence-electron chi connectivity index (χ1n) is 5.53. The van der Waals surface area contributed by atoms with E-state index in [-0.39, 0.29) is 11.5 Å². The zero-order chi connectivity index (χ0) is 13.7. The molecule has 1 aromatic carbocycles. The highest BCUT2D eigenvalue weighted by Gasteiger charge is 2.07. The molecule has 0 saturated carbocycles. The van der Waals surface area contributed by atoms with E-state index in [2.05, 4.69) is 15.3 Å². The number of carbonyl (C=O) groups excluding carboxylic acids is 1. The molecule has 0 saturated heterocycles. The summed E-state index contributed by atoms with van der Waals surface area (Å²) in [6.45, 7) is 0.294. The molecule has 0 unspecified atom stereocenters. The molecule has 0 aliphatic heterocycles. The van der Waals surface area contributed by atoms with Crippen LogP contribution in [0.5, 0.6) is 0 Å². The second-order valence-corrected chi connectivity index (χ2v) is 3.77. The van der Waals surface area contributed by atoms with Crippen LogP contribution in [0.25, 0.3) is 0 Å². The average molecular weight is 257 g/mol. The summed E-state index contributed by atoms with van der Waals surface area (Å²) in [6.07, 6.45) is 3.00. The topological polar surface area (TPSA) is 92.2 Å². The van der Waals surface area contributed by atoms with Crippen LogP contribution in [-0.4, -0.2) is 27.0 Å². The molecule has 0 fully saturated rings. The van der Waals surface area contributed by atoms with Crippen LogP contribution < -0.4 is 5.32 Å². The van der Waals surface area contributed by atoms with Gasteiger partial charge >= 0.3 is 5.97 Å². The molecule has 96 valence electrons. The Morgan fingerprint density at radius 3 is 2.37 bits per heavy atom. The van der Waals surface area contributed by atoms with E-state index in [4.69, 9.17) is 5.11 Å². The van der Waals surface area contributed by atoms with Crippen molar-refractivity contribution < 1.29 is 14.7 Å². The van der Waals surface area contributed by atoms with Crippen molar-refractivity contribution in [1.82, 2.24) is 15.3 Å². The van der Waals surface area contributed by atoms with Gasteiger partial charge in [-0.3, -0.25) is 4.79 Å². The SMILES string of the molecule is O=C(O)c1ccc(C(=O)NCc2ccncn2)cc1. The summed E-state index contributed by atoms with van der Waals surface area (Å²) in [7, 11) is 0. The maximum Gasteiger partial charge on any atom is 0.335 e. The van der Waals surface area contributed by atoms with Gasteiger partial charge in [0.2, 0.25) is 0 Å². The number of aromatic carboxylic acids is 1. The van der Waals surface area contributed by atoms with Gasteiger partial charge in [0.25, 0.3) is 5.91 Å². The lowest BCUT2D eigenvalue weighted by Crippen LogP contribution is -2.23. The average Bonchev–Trinajstić information content (AvgIpc) is 2.46. The minimum Gasteiger partial charge on any atom is -0.478 e. The number of benzene rings is 1. The Morgan fingerprint density at radius 1 is 1.11 bits per heavy atom. The van der Waals surface area contributed by atoms with Crippen LogP contribution in [0.2, 0.25) is 0 Å². The van der Waals surface area contributed by atoms with E-state index in [1.54, 1.807) is 12.3 Å². The monoisotopic (exact) mass is 257 g/mol. The van der Waals surface area contributed by atoms with Crippen molar-refractivity contribution in [2.24, 2.45) is 0 Å². The highest BCUT2D eigenvalue weighted by atomic mass is 16.4. The molecule has 1 amide bonds. The van der Waals surface area contributed by atoms with E-state index < -0.39 is 5.97 Å². The summed E-state index contributed by atoms with van der Waals surface area (Å²) in [4.78, 5) is 30.2. The lowest BCUT2D eigenvalue weighted by molar-refractivity contribution is 0.0696. The van der Waals surface area contributed by atoms with Crippen molar-refractivity contribution in [1.29, 1.82) is 0 Å². The number of amides is 1. The first kappa shape index (κ1) is 12.7. The number of carbonyl (C=O) groups is 2. The smallest absolute Gasteiger partial charge is 0.335 e. The fourth-order valence-electron chi connectivity index (χ4n) is 1.46. The Labute approximate surface area is 109 Å². The van der Waals surface area contributed by atoms with Gasteiger partial charge in [0.15, 0.2) is 0 Å². The minimum absolute atomic E-state index is 0.146. The van der Waals surface area contributed by atoms with Gasteiger partial charge in [-0.05, 0) is 30.3 Å². The Hall–Kier alpha value is -2.76. The molecule has 6 nitrogen and oxygen atoms in total. The molecule has 0 spiro atoms. The molecule has 2 rings (SSSR count). The Balaban J connectivity index is 1.98. The second kappa shape index (κ2) is 5.72. The number of aromatic nitrogens is 2. The van der Waals surface area contributed by atoms with Crippen LogP contribution in [0, 0.1) is 0 Å². The third-order valence-electron chi connectivity index (χ3n) is 2.47. The van der Waals surface area contributed by atoms with E-state index >= 15 is 0 Å². The lowest BCUT2D eigenvalue weighted by Gasteiger charge is -2.04. The molecule has 0 aliphatic rings. The zero-order valence-corrected chi connectivity index (χ0v) is 9.91. The minimum atomic E-state index is -1.02. The maximum atomic E-state index is 11.8. The normalized spacial score (nSPS) is 9.89. The molecule has 1 aromatic heterocycles. The van der Waals surface area contributed by atoms with Gasteiger partial charge in [-0.15, -0.1) is 0 Å². The summed E-state index contributed by atoms with van der Waals surface area (Å²) in [5.74, 6) is -1.30. The number of carboxylic acids is 1. The highest BCUT2D eigenvalue weighted by Crippen LogP contribution is 2.04. The summed E-state index contributed by atoms with van der Waals surface area (Å²) in [5, 5.41) is 11.4. The Bertz CT molecular complexity index is 582. The van der Waals surface area contributed by atoms with E-state index in [0.29, 0.717) is 17.8 Å². The van der Waals surface area contributed by atoms with Crippen LogP contribution in [0.3, 0.4) is 0 Å². The number of nitrogens with one attached hydrogen (secondary N) is 1. The van der Waals surface area contributed by atoms with Gasteiger partial charge in [0.05, 0.1) is 17.8 Å². The van der Waals surface area contributed by atoms with Gasteiger partial charge in [-0.25, -0.2) is 14.8 Å². The molecule has 2 N–H and O–H groups in total. The van der Waals surface area contributed by atoms with Gasteiger partial charge in [0.1, 0.15) is 6.33 Å². The van der Waals surface area contributed by atoms with Crippen LogP contribution in [-0.2, 0) is 6.54 Å². The standard InChI is InChI=1S/C13H11N3O3/c17-12(15-7-11-5-6-14-8-16-11)9-1-3-10(4-2-9)13(18)19/h1-6,8H,7H2,(H,15,17)(H,18,19). The summed E-state index contributed by atoms with van der Waals surface area (Å²) in [6, 6.07) is 7.43. The van der Waals surface area contributed by atoms with Crippen LogP contribution >= 0.6 is 0 Å². The molecule has 2 aromatic rings. The third kappa shape index (κ3) is 3.35. The van der Waals surface area contributed by atoms with Crippen LogP contribution in [0.15, 0.2) is 42.9 Å². The molecule has 6 heteroatoms. The fraction of sp³-hybridized carbons (Fsp3) is 0.0769. The maximum absolute atomic E-state index is 11.8. The lowest BCUT2D eigenvalue weighted by atomic mass is 10.1. The second-order valence-electron chi connectivity index (χ2n) is 3.77. The Kier molecular flexibility index (Phi) is 3.82. The van der Waals surface area contributed by atoms with Crippen molar-refractivity contribution in [3.05, 3.63) is 59.7 Å². The quantitative estimate of drug-likeness (QED) is 0.855. The van der Waals surface area contributed by atoms with E-state index in [1.807, 2.05) is 0 Å². The Morgan fingerprint density at radius 2 is 1.79 bits per heavy atom. The molecule has 0 aliphatic carbocycles. The van der Waals surface area contributed by atoms with Crippen LogP contribution in [0.4, 0.5) is 0 Å². The number of hydrogen-bond donors (Lipinski definition) is 2. The predicted molar refractivity (Wildman–Crippen MR) is 66.6 cm³/mol. The molecule has 1 heterocycles. The summed E-state index contributed by atoms with van der Waals surface area (Å²) in [5.41, 5.74) is 1.25. The van der Waals surface area contributed by atoms with E-state index in [0.717, 1.165) is 0 Å². The molecule has 19 heavy (non-hydrogen) atoms. The molecular weight excluding hydrogens is 246 g/mol. The van der Waals surface area contributed by atoms with Crippen molar-refractivity contribution in [3.63, 3.8) is 0 Å². The van der Waals surface area contributed by atoms with Crippen LogP contribution in [0.1, 0.15) is 26.4 Å². The first-order chi connectivity index (χ1) is 9.16. The highest BCUT2D eigenvalue weighted by molar-refractivity contribution is 5.95. The largest absolute Gasteiger partial charge is 0.478 e. The zero-order valence-electron chi connectivity index (χ0n) is 9.91. The van der Waals surface area contributed by atoms with Gasteiger partial charge in [-0.1, -0.05) is 0 Å². The van der Waals surface area contributed by atoms with Crippen molar-refractivity contribution in [3.8, 4) is 0 Å². The molecule has 0 bridgehead atoms. The van der Waals surface area contributed by atoms with Crippen molar-refractivity contribution >= 4 is 11.9 Å². The van der Waals surface area contributed by atoms with Gasteiger partial charge in [-0.2, -0.15) is 0 Å². The molecule has 0 radical (unpaired) electrons. The fourth-order valence-corrected chi connectivity index (χ4v) is 1.46. The predicted octanol–water partition coefficient (Wildman–Crippen LogP) is 1.10. The molecule has 0 atom stereocenters. The van der Waals surface area contributed by atoms with Gasteiger partial charge < -0.3 is 10.4 Å². The molecular formula is C13H11N3O3. The van der Waals surface area contributed by atoms with Gasteiger partial charge in [0, 0.05) is 11.8 Å². The summed E-state index contributed by atoms with van der Waals surface area (Å²) >= 11 is 0. The van der Waals surface area contributed by atoms with E-state index in [1.165, 1.54) is 30.6 Å². The number of rotatable bonds is 4. The summed E-state index contributed by atoms with van der Waals surface area (Å²) < 4.78 is 0. The number of carboxylic acid groups (broad SMARTS) is 1. The third-order valence-corrected chi connectivity index (χ3v) is 2.47.